The number of unbranched alkanes of at least 4 members (excludes halogenated alkanes) is 1. The van der Waals surface area contributed by atoms with E-state index in [1.54, 1.807) is 80.7 Å². The Bertz CT molecular complexity index is 1940. The zero-order valence-corrected chi connectivity index (χ0v) is 34.2. The van der Waals surface area contributed by atoms with E-state index in [2.05, 4.69) is 41.5 Å². The van der Waals surface area contributed by atoms with Gasteiger partial charge in [0.25, 0.3) is 11.8 Å². The van der Waals surface area contributed by atoms with Gasteiger partial charge in [0.05, 0.1) is 11.1 Å². The third kappa shape index (κ3) is 12.9. The van der Waals surface area contributed by atoms with Crippen molar-refractivity contribution in [1.82, 2.24) is 45.9 Å². The molecule has 0 unspecified atom stereocenters. The van der Waals surface area contributed by atoms with Gasteiger partial charge >= 0.3 is 12.2 Å². The quantitative estimate of drug-likeness (QED) is 0.106. The average molecular weight is 817 g/mol. The lowest BCUT2D eigenvalue weighted by Gasteiger charge is -2.22. The zero-order valence-electron chi connectivity index (χ0n) is 32.6. The summed E-state index contributed by atoms with van der Waals surface area (Å²) >= 11 is 7.30. The van der Waals surface area contributed by atoms with Crippen molar-refractivity contribution in [2.45, 2.75) is 103 Å². The highest BCUT2D eigenvalue weighted by molar-refractivity contribution is 7.09. The number of alkyl carbamates (subject to hydrolysis) is 2. The largest absolute Gasteiger partial charge is 0.444 e. The first-order valence-electron chi connectivity index (χ1n) is 18.0. The highest BCUT2D eigenvalue weighted by atomic mass is 35.5. The van der Waals surface area contributed by atoms with Crippen LogP contribution in [0.15, 0.2) is 34.9 Å². The van der Waals surface area contributed by atoms with Crippen molar-refractivity contribution in [3.8, 4) is 0 Å². The van der Waals surface area contributed by atoms with Crippen LogP contribution < -0.4 is 26.6 Å². The van der Waals surface area contributed by atoms with Crippen LogP contribution >= 0.6 is 22.9 Å². The molecule has 1 aliphatic rings. The third-order valence-electron chi connectivity index (χ3n) is 7.92. The number of carbonyl (C=O) groups is 6. The minimum atomic E-state index is -0.918. The van der Waals surface area contributed by atoms with Crippen LogP contribution in [0.2, 0.25) is 5.02 Å². The van der Waals surface area contributed by atoms with Gasteiger partial charge in [-0.05, 0) is 79.4 Å². The number of guanidine groups is 1. The summed E-state index contributed by atoms with van der Waals surface area (Å²) in [5.41, 5.74) is -0.801. The summed E-state index contributed by atoms with van der Waals surface area (Å²) in [4.78, 5) is 91.6. The van der Waals surface area contributed by atoms with E-state index in [1.807, 2.05) is 0 Å². The summed E-state index contributed by atoms with van der Waals surface area (Å²) in [6.45, 7) is 11.9. The number of likely N-dealkylation sites (tertiary alicyclic amines) is 1. The number of pyridine rings is 1. The molecule has 6 amide bonds. The number of nitrogens with one attached hydrogen (secondary N) is 5. The Kier molecular flexibility index (Phi) is 14.4. The SMILES string of the molecule is CNC(=O)[C@H](CCCCN=C(NC(=O)OC(C)(C)C)NC(=O)OC(C)(C)C)NC(=O)c1csc([C@H]2C[C@@H](NC(C)=O)CN2C(=O)c2cn3cc(Cl)ccc3n2)n1. The first-order valence-corrected chi connectivity index (χ1v) is 19.2. The van der Waals surface area contributed by atoms with Crippen molar-refractivity contribution in [2.24, 2.45) is 4.99 Å². The Labute approximate surface area is 333 Å². The molecule has 4 rings (SSSR count). The van der Waals surface area contributed by atoms with Crippen LogP contribution in [0.3, 0.4) is 0 Å². The van der Waals surface area contributed by atoms with E-state index < -0.39 is 47.3 Å². The lowest BCUT2D eigenvalue weighted by molar-refractivity contribution is -0.122. The first-order chi connectivity index (χ1) is 26.2. The van der Waals surface area contributed by atoms with Crippen molar-refractivity contribution >= 4 is 70.4 Å². The number of hydrogen-bond acceptors (Lipinski definition) is 12. The molecular formula is C36H49ClN10O8S. The number of ether oxygens (including phenoxy) is 2. The van der Waals surface area contributed by atoms with Crippen LogP contribution in [0, 0.1) is 0 Å². The lowest BCUT2D eigenvalue weighted by atomic mass is 10.1. The molecule has 3 atom stereocenters. The average Bonchev–Trinajstić information content (AvgIpc) is 3.83. The smallest absolute Gasteiger partial charge is 0.414 e. The van der Waals surface area contributed by atoms with Gasteiger partial charge in [-0.2, -0.15) is 0 Å². The van der Waals surface area contributed by atoms with Gasteiger partial charge in [0.2, 0.25) is 17.8 Å². The summed E-state index contributed by atoms with van der Waals surface area (Å²) in [5.74, 6) is -1.79. The summed E-state index contributed by atoms with van der Waals surface area (Å²) in [7, 11) is 1.46. The van der Waals surface area contributed by atoms with E-state index in [9.17, 15) is 28.8 Å². The van der Waals surface area contributed by atoms with Gasteiger partial charge in [-0.25, -0.2) is 19.6 Å². The second-order valence-corrected chi connectivity index (χ2v) is 16.4. The standard InChI is InChI=1S/C36H49ClN10O8S/c1-20(48)40-22-15-26(47(17-22)31(51)24-18-46-16-21(37)12-13-27(46)41-24)30-43-25(19-56-30)29(50)42-23(28(49)38-8)11-9-10-14-39-32(44-33(52)54-35(2,3)4)45-34(53)55-36(5,6)7/h12-13,16,18-19,22-23,26H,9-11,14-15,17H2,1-8H3,(H,38,49)(H,40,48)(H,42,50)(H2,39,44,45,52,53)/t22-,23+,26-/m1/s1. The van der Waals surface area contributed by atoms with Gasteiger partial charge in [-0.1, -0.05) is 11.6 Å². The molecule has 304 valence electrons. The number of halogens is 1. The Morgan fingerprint density at radius 3 is 2.23 bits per heavy atom. The van der Waals surface area contributed by atoms with Gasteiger partial charge in [0, 0.05) is 50.9 Å². The minimum Gasteiger partial charge on any atom is -0.444 e. The summed E-state index contributed by atoms with van der Waals surface area (Å²) in [6.07, 6.45) is 3.02. The molecule has 0 spiro atoms. The molecule has 3 aromatic heterocycles. The molecule has 0 saturated carbocycles. The number of aromatic nitrogens is 3. The predicted molar refractivity (Wildman–Crippen MR) is 209 cm³/mol. The zero-order chi connectivity index (χ0) is 41.4. The normalized spacial score (nSPS) is 16.1. The number of aliphatic imine (C=N–C) groups is 1. The molecule has 56 heavy (non-hydrogen) atoms. The van der Waals surface area contributed by atoms with E-state index in [-0.39, 0.29) is 54.7 Å². The monoisotopic (exact) mass is 816 g/mol. The first kappa shape index (κ1) is 43.4. The molecule has 20 heteroatoms. The number of likely N-dealkylation sites (N-methyl/N-ethyl adjacent to an activating group) is 1. The topological polar surface area (TPSA) is 227 Å². The van der Waals surface area contributed by atoms with Crippen LogP contribution in [-0.2, 0) is 19.1 Å². The number of nitrogens with zero attached hydrogens (tertiary/aromatic N) is 5. The fourth-order valence-electron chi connectivity index (χ4n) is 5.68. The van der Waals surface area contributed by atoms with E-state index in [0.29, 0.717) is 34.9 Å². The van der Waals surface area contributed by atoms with Gasteiger partial charge in [0.1, 0.15) is 39.3 Å². The molecule has 0 aliphatic carbocycles. The molecule has 5 N–H and O–H groups in total. The van der Waals surface area contributed by atoms with Gasteiger partial charge < -0.3 is 34.7 Å². The van der Waals surface area contributed by atoms with Crippen molar-refractivity contribution in [3.05, 3.63) is 51.3 Å². The van der Waals surface area contributed by atoms with E-state index >= 15 is 0 Å². The molecule has 1 saturated heterocycles. The fraction of sp³-hybridized carbons (Fsp3) is 0.528. The molecule has 0 aromatic carbocycles. The third-order valence-corrected chi connectivity index (χ3v) is 9.09. The molecule has 18 nitrogen and oxygen atoms in total. The maximum atomic E-state index is 13.8. The highest BCUT2D eigenvalue weighted by Gasteiger charge is 2.40. The number of thiazole rings is 1. The Balaban J connectivity index is 1.41. The molecular weight excluding hydrogens is 768 g/mol. The summed E-state index contributed by atoms with van der Waals surface area (Å²) in [6, 6.07) is 1.54. The maximum Gasteiger partial charge on any atom is 0.414 e. The van der Waals surface area contributed by atoms with Crippen LogP contribution in [0.4, 0.5) is 9.59 Å². The van der Waals surface area contributed by atoms with Gasteiger partial charge in [-0.15, -0.1) is 11.3 Å². The van der Waals surface area contributed by atoms with E-state index in [1.165, 1.54) is 25.3 Å². The number of imidazole rings is 1. The summed E-state index contributed by atoms with van der Waals surface area (Å²) in [5, 5.41) is 15.5. The predicted octanol–water partition coefficient (Wildman–Crippen LogP) is 3.96. The molecule has 4 heterocycles. The fourth-order valence-corrected chi connectivity index (χ4v) is 6.78. The molecule has 1 fully saturated rings. The Morgan fingerprint density at radius 2 is 1.62 bits per heavy atom. The van der Waals surface area contributed by atoms with Crippen molar-refractivity contribution in [1.29, 1.82) is 0 Å². The van der Waals surface area contributed by atoms with Crippen molar-refractivity contribution < 1.29 is 38.2 Å². The molecule has 1 aliphatic heterocycles. The maximum absolute atomic E-state index is 13.8. The Morgan fingerprint density at radius 1 is 0.964 bits per heavy atom. The molecule has 0 radical (unpaired) electrons. The Hall–Kier alpha value is -5.30. The number of rotatable bonds is 11. The van der Waals surface area contributed by atoms with Crippen LogP contribution in [-0.4, -0.2) is 104 Å². The number of hydrogen-bond donors (Lipinski definition) is 5. The minimum absolute atomic E-state index is 0.0623. The van der Waals surface area contributed by atoms with Gasteiger partial charge in [-0.3, -0.25) is 34.8 Å². The van der Waals surface area contributed by atoms with Crippen molar-refractivity contribution in [2.75, 3.05) is 20.1 Å². The molecule has 3 aromatic rings. The number of fused-ring (bicyclic) bond motifs is 1. The van der Waals surface area contributed by atoms with Crippen LogP contribution in [0.5, 0.6) is 0 Å². The van der Waals surface area contributed by atoms with Gasteiger partial charge in [0.15, 0.2) is 0 Å². The summed E-state index contributed by atoms with van der Waals surface area (Å²) < 4.78 is 12.2. The van der Waals surface area contributed by atoms with E-state index in [0.717, 1.165) is 0 Å². The highest BCUT2D eigenvalue weighted by Crippen LogP contribution is 2.35. The molecule has 0 bridgehead atoms. The van der Waals surface area contributed by atoms with E-state index in [4.69, 9.17) is 21.1 Å². The van der Waals surface area contributed by atoms with Crippen molar-refractivity contribution in [3.63, 3.8) is 0 Å². The second kappa shape index (κ2) is 18.6. The number of amides is 6. The second-order valence-electron chi connectivity index (χ2n) is 15.0. The van der Waals surface area contributed by atoms with Crippen LogP contribution in [0.1, 0.15) is 106 Å². The number of carbonyl (C=O) groups excluding carboxylic acids is 6. The van der Waals surface area contributed by atoms with Crippen LogP contribution in [0.25, 0.3) is 5.65 Å². The lowest BCUT2D eigenvalue weighted by Crippen LogP contribution is -2.47.